The molecule has 0 spiro atoms. The molecule has 0 aliphatic heterocycles. The van der Waals surface area contributed by atoms with E-state index in [0.717, 1.165) is 37.4 Å². The summed E-state index contributed by atoms with van der Waals surface area (Å²) in [6.07, 6.45) is 4.26. The third-order valence-electron chi connectivity index (χ3n) is 5.30. The van der Waals surface area contributed by atoms with E-state index in [2.05, 4.69) is 4.72 Å². The van der Waals surface area contributed by atoms with Crippen molar-refractivity contribution in [2.24, 2.45) is 0 Å². The molecule has 3 aromatic rings. The maximum absolute atomic E-state index is 13.2. The molecule has 0 atom stereocenters. The number of anilines is 1. The number of nitrogens with one attached hydrogen (secondary N) is 1. The van der Waals surface area contributed by atoms with Gasteiger partial charge in [-0.25, -0.2) is 8.42 Å². The molecule has 1 fully saturated rings. The Bertz CT molecular complexity index is 1250. The first-order valence-electron chi connectivity index (χ1n) is 10.2. The maximum Gasteiger partial charge on any atom is 0.313 e. The second-order valence-electron chi connectivity index (χ2n) is 7.60. The highest BCUT2D eigenvalue weighted by Crippen LogP contribution is 2.40. The van der Waals surface area contributed by atoms with E-state index >= 15 is 0 Å². The van der Waals surface area contributed by atoms with Crippen molar-refractivity contribution in [2.75, 3.05) is 10.5 Å². The molecule has 0 aromatic heterocycles. The van der Waals surface area contributed by atoms with Crippen molar-refractivity contribution >= 4 is 44.2 Å². The van der Waals surface area contributed by atoms with E-state index in [4.69, 9.17) is 9.84 Å². The van der Waals surface area contributed by atoms with Crippen LogP contribution >= 0.6 is 11.8 Å². The fourth-order valence-electron chi connectivity index (χ4n) is 3.79. The largest absolute Gasteiger partial charge is 0.506 e. The van der Waals surface area contributed by atoms with Crippen LogP contribution in [0.1, 0.15) is 25.7 Å². The van der Waals surface area contributed by atoms with Gasteiger partial charge in [0.05, 0.1) is 27.3 Å². The lowest BCUT2D eigenvalue weighted by atomic mass is 10.1. The van der Waals surface area contributed by atoms with E-state index in [9.17, 15) is 18.3 Å². The molecular weight excluding hydrogens is 450 g/mol. The molecule has 32 heavy (non-hydrogen) atoms. The van der Waals surface area contributed by atoms with Crippen LogP contribution in [0.5, 0.6) is 11.5 Å². The second kappa shape index (κ2) is 9.30. The number of hydrogen-bond donors (Lipinski definition) is 3. The zero-order valence-electron chi connectivity index (χ0n) is 17.2. The molecule has 168 valence electrons. The molecule has 1 saturated carbocycles. The molecule has 0 saturated heterocycles. The van der Waals surface area contributed by atoms with Gasteiger partial charge in [0.2, 0.25) is 0 Å². The Morgan fingerprint density at radius 1 is 1.06 bits per heavy atom. The normalized spacial score (nSPS) is 14.5. The monoisotopic (exact) mass is 473 g/mol. The van der Waals surface area contributed by atoms with E-state index < -0.39 is 16.0 Å². The van der Waals surface area contributed by atoms with Crippen molar-refractivity contribution in [3.63, 3.8) is 0 Å². The summed E-state index contributed by atoms with van der Waals surface area (Å²) >= 11 is 0.922. The number of fused-ring (bicyclic) bond motifs is 1. The molecule has 0 heterocycles. The van der Waals surface area contributed by atoms with Gasteiger partial charge in [-0.05, 0) is 43.9 Å². The van der Waals surface area contributed by atoms with Gasteiger partial charge < -0.3 is 14.9 Å². The Morgan fingerprint density at radius 3 is 2.50 bits per heavy atom. The zero-order chi connectivity index (χ0) is 22.7. The van der Waals surface area contributed by atoms with Gasteiger partial charge in [0.1, 0.15) is 11.5 Å². The van der Waals surface area contributed by atoms with Crippen LogP contribution in [-0.2, 0) is 14.8 Å². The van der Waals surface area contributed by atoms with E-state index in [0.29, 0.717) is 16.5 Å². The molecular formula is C23H23NO6S2. The summed E-state index contributed by atoms with van der Waals surface area (Å²) in [5.74, 6) is -0.878. The number of aromatic hydroxyl groups is 1. The smallest absolute Gasteiger partial charge is 0.313 e. The number of benzene rings is 3. The predicted molar refractivity (Wildman–Crippen MR) is 124 cm³/mol. The van der Waals surface area contributed by atoms with Crippen molar-refractivity contribution < 1.29 is 28.2 Å². The lowest BCUT2D eigenvalue weighted by molar-refractivity contribution is -0.133. The molecule has 0 bridgehead atoms. The number of phenolic OH excluding ortho intramolecular Hbond substituents is 1. The van der Waals surface area contributed by atoms with E-state index in [-0.39, 0.29) is 33.1 Å². The number of rotatable bonds is 8. The van der Waals surface area contributed by atoms with Gasteiger partial charge >= 0.3 is 5.97 Å². The lowest BCUT2D eigenvalue weighted by Gasteiger charge is -2.16. The van der Waals surface area contributed by atoms with Gasteiger partial charge in [-0.3, -0.25) is 9.52 Å². The van der Waals surface area contributed by atoms with Gasteiger partial charge in [-0.1, -0.05) is 30.3 Å². The van der Waals surface area contributed by atoms with E-state index in [1.54, 1.807) is 36.4 Å². The average Bonchev–Trinajstić information content (AvgIpc) is 3.28. The van der Waals surface area contributed by atoms with Crippen LogP contribution in [0, 0.1) is 0 Å². The summed E-state index contributed by atoms with van der Waals surface area (Å²) < 4.78 is 34.9. The first-order valence-corrected chi connectivity index (χ1v) is 12.7. The third-order valence-corrected chi connectivity index (χ3v) is 7.67. The Balaban J connectivity index is 1.67. The minimum absolute atomic E-state index is 0.0601. The standard InChI is InChI=1S/C23H23NO6S2/c25-22(26)14-31-21-13-20(18-10-3-4-11-19(18)23(21)27)24-32(28,29)17-9-5-8-16(12-17)30-15-6-1-2-7-15/h3-5,8-13,15,24,27H,1-2,6-7,14H2,(H,25,26). The number of carboxylic acid groups (broad SMARTS) is 1. The summed E-state index contributed by atoms with van der Waals surface area (Å²) in [5, 5.41) is 20.5. The summed E-state index contributed by atoms with van der Waals surface area (Å²) in [4.78, 5) is 11.3. The highest BCUT2D eigenvalue weighted by Gasteiger charge is 2.21. The first kappa shape index (κ1) is 22.3. The highest BCUT2D eigenvalue weighted by atomic mass is 32.2. The van der Waals surface area contributed by atoms with Gasteiger partial charge in [0, 0.05) is 16.8 Å². The minimum atomic E-state index is -3.96. The maximum atomic E-state index is 13.2. The van der Waals surface area contributed by atoms with Crippen LogP contribution in [0.4, 0.5) is 5.69 Å². The van der Waals surface area contributed by atoms with Gasteiger partial charge in [-0.15, -0.1) is 11.8 Å². The Hall–Kier alpha value is -2.91. The van der Waals surface area contributed by atoms with Crippen LogP contribution < -0.4 is 9.46 Å². The fourth-order valence-corrected chi connectivity index (χ4v) is 5.62. The Labute approximate surface area is 190 Å². The summed E-state index contributed by atoms with van der Waals surface area (Å²) in [5.41, 5.74) is 0.258. The topological polar surface area (TPSA) is 113 Å². The number of carboxylic acids is 1. The molecule has 4 rings (SSSR count). The minimum Gasteiger partial charge on any atom is -0.506 e. The molecule has 0 radical (unpaired) electrons. The zero-order valence-corrected chi connectivity index (χ0v) is 18.8. The molecule has 0 unspecified atom stereocenters. The van der Waals surface area contributed by atoms with Crippen molar-refractivity contribution in [1.29, 1.82) is 0 Å². The number of ether oxygens (including phenoxy) is 1. The van der Waals surface area contributed by atoms with E-state index in [1.807, 2.05) is 0 Å². The molecule has 9 heteroatoms. The van der Waals surface area contributed by atoms with Crippen LogP contribution in [0.25, 0.3) is 10.8 Å². The summed E-state index contributed by atoms with van der Waals surface area (Å²) in [6.45, 7) is 0. The van der Waals surface area contributed by atoms with Gasteiger partial charge in [0.25, 0.3) is 10.0 Å². The van der Waals surface area contributed by atoms with Crippen molar-refractivity contribution in [1.82, 2.24) is 0 Å². The molecule has 0 amide bonds. The van der Waals surface area contributed by atoms with Gasteiger partial charge in [-0.2, -0.15) is 0 Å². The number of sulfonamides is 1. The predicted octanol–water partition coefficient (Wildman–Crippen LogP) is 4.84. The SMILES string of the molecule is O=C(O)CSc1cc(NS(=O)(=O)c2cccc(OC3CCCC3)c2)c2ccccc2c1O. The average molecular weight is 474 g/mol. The summed E-state index contributed by atoms with van der Waals surface area (Å²) in [7, 11) is -3.96. The van der Waals surface area contributed by atoms with Crippen LogP contribution in [0.15, 0.2) is 64.4 Å². The lowest BCUT2D eigenvalue weighted by Crippen LogP contribution is -2.15. The molecule has 1 aliphatic carbocycles. The van der Waals surface area contributed by atoms with Crippen molar-refractivity contribution in [3.8, 4) is 11.5 Å². The Morgan fingerprint density at radius 2 is 1.78 bits per heavy atom. The number of phenols is 1. The first-order chi connectivity index (χ1) is 15.3. The molecule has 3 aromatic carbocycles. The molecule has 7 nitrogen and oxygen atoms in total. The Kier molecular flexibility index (Phi) is 6.48. The van der Waals surface area contributed by atoms with Crippen molar-refractivity contribution in [2.45, 2.75) is 41.6 Å². The third kappa shape index (κ3) is 4.94. The van der Waals surface area contributed by atoms with Gasteiger partial charge in [0.15, 0.2) is 0 Å². The van der Waals surface area contributed by atoms with Crippen LogP contribution in [0.3, 0.4) is 0 Å². The summed E-state index contributed by atoms with van der Waals surface area (Å²) in [6, 6.07) is 14.6. The fraction of sp³-hybridized carbons (Fsp3) is 0.261. The highest BCUT2D eigenvalue weighted by molar-refractivity contribution is 8.00. The number of thioether (sulfide) groups is 1. The van der Waals surface area contributed by atoms with Crippen LogP contribution in [-0.4, -0.2) is 36.5 Å². The second-order valence-corrected chi connectivity index (χ2v) is 10.3. The van der Waals surface area contributed by atoms with E-state index in [1.165, 1.54) is 18.2 Å². The molecule has 3 N–H and O–H groups in total. The number of carbonyl (C=O) groups is 1. The quantitative estimate of drug-likeness (QED) is 0.317. The number of hydrogen-bond acceptors (Lipinski definition) is 6. The van der Waals surface area contributed by atoms with Crippen LogP contribution in [0.2, 0.25) is 0 Å². The molecule has 1 aliphatic rings. The number of aliphatic carboxylic acids is 1. The van der Waals surface area contributed by atoms with Crippen molar-refractivity contribution in [3.05, 3.63) is 54.6 Å².